The summed E-state index contributed by atoms with van der Waals surface area (Å²) < 4.78 is 9.24. The second-order valence-corrected chi connectivity index (χ2v) is 1.63. The van der Waals surface area contributed by atoms with E-state index in [0.717, 1.165) is 0 Å². The molecule has 0 N–H and O–H groups in total. The van der Waals surface area contributed by atoms with Crippen molar-refractivity contribution in [2.75, 3.05) is 0 Å². The van der Waals surface area contributed by atoms with Gasteiger partial charge in [0.05, 0.1) is 6.20 Å². The minimum Gasteiger partial charge on any atom is -0.417 e. The number of oxazole rings is 1. The molecule has 0 radical (unpaired) electrons. The highest BCUT2D eigenvalue weighted by atomic mass is 16.6. The van der Waals surface area contributed by atoms with Crippen LogP contribution in [0.15, 0.2) is 16.9 Å². The molecule has 0 saturated carbocycles. The van der Waals surface area contributed by atoms with Gasteiger partial charge in [0.1, 0.15) is 6.26 Å². The molecule has 0 atom stereocenters. The molecule has 1 aromatic heterocycles. The summed E-state index contributed by atoms with van der Waals surface area (Å²) >= 11 is 0. The normalized spacial score (nSPS) is 9.30. The van der Waals surface area contributed by atoms with Crippen LogP contribution in [0.5, 0.6) is 6.08 Å². The van der Waals surface area contributed by atoms with Crippen LogP contribution < -0.4 is 4.74 Å². The van der Waals surface area contributed by atoms with Crippen LogP contribution in [0.25, 0.3) is 0 Å². The molecule has 0 fully saturated rings. The lowest BCUT2D eigenvalue weighted by molar-refractivity contribution is -0.135. The molecule has 4 heteroatoms. The van der Waals surface area contributed by atoms with E-state index in [1.54, 1.807) is 6.92 Å². The molecule has 1 heterocycles. The van der Waals surface area contributed by atoms with E-state index in [1.807, 2.05) is 0 Å². The SMILES string of the molecule is CCC(=O)Oc1ncco1. The van der Waals surface area contributed by atoms with Crippen LogP contribution in [0.3, 0.4) is 0 Å². The van der Waals surface area contributed by atoms with Gasteiger partial charge < -0.3 is 9.15 Å². The molecule has 1 rings (SSSR count). The van der Waals surface area contributed by atoms with Crippen LogP contribution in [0.4, 0.5) is 0 Å². The standard InChI is InChI=1S/C6H7NO3/c1-2-5(8)10-6-7-3-4-9-6/h3-4H,2H2,1H3. The first-order valence-electron chi connectivity index (χ1n) is 2.93. The van der Waals surface area contributed by atoms with Crippen LogP contribution in [0, 0.1) is 0 Å². The van der Waals surface area contributed by atoms with E-state index >= 15 is 0 Å². The summed E-state index contributed by atoms with van der Waals surface area (Å²) in [4.78, 5) is 14.2. The molecule has 0 unspecified atom stereocenters. The van der Waals surface area contributed by atoms with Gasteiger partial charge in [0.15, 0.2) is 0 Å². The van der Waals surface area contributed by atoms with Crippen molar-refractivity contribution < 1.29 is 13.9 Å². The predicted molar refractivity (Wildman–Crippen MR) is 32.4 cm³/mol. The average molecular weight is 141 g/mol. The third-order valence-electron chi connectivity index (χ3n) is 0.899. The van der Waals surface area contributed by atoms with E-state index in [4.69, 9.17) is 0 Å². The van der Waals surface area contributed by atoms with Crippen LogP contribution >= 0.6 is 0 Å². The Hall–Kier alpha value is -1.32. The molecule has 0 amide bonds. The zero-order valence-corrected chi connectivity index (χ0v) is 5.53. The largest absolute Gasteiger partial charge is 0.417 e. The second kappa shape index (κ2) is 3.00. The lowest BCUT2D eigenvalue weighted by atomic mass is 10.5. The highest BCUT2D eigenvalue weighted by Crippen LogP contribution is 2.04. The summed E-state index contributed by atoms with van der Waals surface area (Å²) in [6, 6.07) is 0. The number of esters is 1. The monoisotopic (exact) mass is 141 g/mol. The topological polar surface area (TPSA) is 52.3 Å². The van der Waals surface area contributed by atoms with Crippen molar-refractivity contribution in [1.82, 2.24) is 4.98 Å². The number of hydrogen-bond acceptors (Lipinski definition) is 4. The minimum atomic E-state index is -0.345. The van der Waals surface area contributed by atoms with E-state index in [-0.39, 0.29) is 12.0 Å². The zero-order chi connectivity index (χ0) is 7.40. The Morgan fingerprint density at radius 2 is 2.70 bits per heavy atom. The fraction of sp³-hybridized carbons (Fsp3) is 0.333. The molecule has 0 bridgehead atoms. The fourth-order valence-corrected chi connectivity index (χ4v) is 0.430. The highest BCUT2D eigenvalue weighted by Gasteiger charge is 2.03. The number of carbonyl (C=O) groups is 1. The number of hydrogen-bond donors (Lipinski definition) is 0. The Kier molecular flexibility index (Phi) is 2.04. The zero-order valence-electron chi connectivity index (χ0n) is 5.53. The Morgan fingerprint density at radius 1 is 1.90 bits per heavy atom. The van der Waals surface area contributed by atoms with Crippen LogP contribution in [0.1, 0.15) is 13.3 Å². The molecular weight excluding hydrogens is 134 g/mol. The molecule has 54 valence electrons. The molecule has 0 spiro atoms. The van der Waals surface area contributed by atoms with E-state index in [0.29, 0.717) is 6.42 Å². The first-order valence-corrected chi connectivity index (χ1v) is 2.93. The molecule has 4 nitrogen and oxygen atoms in total. The third kappa shape index (κ3) is 1.58. The maximum atomic E-state index is 10.6. The Labute approximate surface area is 57.8 Å². The molecule has 0 aromatic carbocycles. The van der Waals surface area contributed by atoms with Crippen molar-refractivity contribution in [2.45, 2.75) is 13.3 Å². The van der Waals surface area contributed by atoms with Gasteiger partial charge in [0.25, 0.3) is 0 Å². The first-order chi connectivity index (χ1) is 4.83. The van der Waals surface area contributed by atoms with Gasteiger partial charge in [-0.1, -0.05) is 6.92 Å². The van der Waals surface area contributed by atoms with Crippen LogP contribution in [-0.4, -0.2) is 11.0 Å². The van der Waals surface area contributed by atoms with Crippen molar-refractivity contribution in [2.24, 2.45) is 0 Å². The van der Waals surface area contributed by atoms with Crippen molar-refractivity contribution in [3.8, 4) is 6.08 Å². The first kappa shape index (κ1) is 6.80. The maximum Gasteiger partial charge on any atom is 0.401 e. The van der Waals surface area contributed by atoms with Gasteiger partial charge in [-0.15, -0.1) is 0 Å². The van der Waals surface area contributed by atoms with Crippen molar-refractivity contribution in [3.63, 3.8) is 0 Å². The van der Waals surface area contributed by atoms with E-state index in [1.165, 1.54) is 12.5 Å². The van der Waals surface area contributed by atoms with Gasteiger partial charge in [-0.05, 0) is 0 Å². The molecule has 0 aliphatic heterocycles. The number of aromatic nitrogens is 1. The maximum absolute atomic E-state index is 10.6. The highest BCUT2D eigenvalue weighted by molar-refractivity contribution is 5.70. The van der Waals surface area contributed by atoms with E-state index in [2.05, 4.69) is 14.1 Å². The molecule has 0 saturated heterocycles. The molecule has 0 aliphatic carbocycles. The van der Waals surface area contributed by atoms with Crippen molar-refractivity contribution >= 4 is 5.97 Å². The summed E-state index contributed by atoms with van der Waals surface area (Å²) in [6.07, 6.45) is 3.09. The summed E-state index contributed by atoms with van der Waals surface area (Å²) in [7, 11) is 0. The lowest BCUT2D eigenvalue weighted by Crippen LogP contribution is -2.05. The average Bonchev–Trinajstić information content (AvgIpc) is 2.40. The van der Waals surface area contributed by atoms with E-state index in [9.17, 15) is 4.79 Å². The van der Waals surface area contributed by atoms with Gasteiger partial charge in [0.2, 0.25) is 0 Å². The van der Waals surface area contributed by atoms with Gasteiger partial charge in [-0.25, -0.2) is 0 Å². The van der Waals surface area contributed by atoms with Gasteiger partial charge in [-0.2, -0.15) is 4.98 Å². The summed E-state index contributed by atoms with van der Waals surface area (Å²) in [5, 5.41) is 0. The third-order valence-corrected chi connectivity index (χ3v) is 0.899. The lowest BCUT2D eigenvalue weighted by Gasteiger charge is -1.92. The van der Waals surface area contributed by atoms with Gasteiger partial charge in [-0.3, -0.25) is 4.79 Å². The van der Waals surface area contributed by atoms with Crippen LogP contribution in [0.2, 0.25) is 0 Å². The Bertz CT molecular complexity index is 205. The molecule has 1 aromatic rings. The van der Waals surface area contributed by atoms with E-state index < -0.39 is 0 Å². The van der Waals surface area contributed by atoms with Gasteiger partial charge in [0, 0.05) is 6.42 Å². The summed E-state index contributed by atoms with van der Waals surface area (Å²) in [6.45, 7) is 1.70. The van der Waals surface area contributed by atoms with Crippen molar-refractivity contribution in [1.29, 1.82) is 0 Å². The van der Waals surface area contributed by atoms with Gasteiger partial charge >= 0.3 is 12.0 Å². The minimum absolute atomic E-state index is 0.00634. The Balaban J connectivity index is 2.48. The second-order valence-electron chi connectivity index (χ2n) is 1.63. The summed E-state index contributed by atoms with van der Waals surface area (Å²) in [5.74, 6) is -0.345. The number of carbonyl (C=O) groups excluding carboxylic acids is 1. The quantitative estimate of drug-likeness (QED) is 0.576. The van der Waals surface area contributed by atoms with Crippen molar-refractivity contribution in [3.05, 3.63) is 12.5 Å². The predicted octanol–water partition coefficient (Wildman–Crippen LogP) is 0.990. The fourth-order valence-electron chi connectivity index (χ4n) is 0.430. The summed E-state index contributed by atoms with van der Waals surface area (Å²) in [5.41, 5.74) is 0. The number of rotatable bonds is 2. The number of ether oxygens (including phenoxy) is 1. The molecule has 0 aliphatic rings. The Morgan fingerprint density at radius 3 is 3.20 bits per heavy atom. The smallest absolute Gasteiger partial charge is 0.401 e. The van der Waals surface area contributed by atoms with Crippen LogP contribution in [-0.2, 0) is 4.79 Å². The number of nitrogens with zero attached hydrogens (tertiary/aromatic N) is 1. The molecular formula is C6H7NO3. The molecule has 10 heavy (non-hydrogen) atoms.